The van der Waals surface area contributed by atoms with Gasteiger partial charge in [0.05, 0.1) is 39.5 Å². The summed E-state index contributed by atoms with van der Waals surface area (Å²) >= 11 is 0. The number of fused-ring (bicyclic) bond motifs is 3. The van der Waals surface area contributed by atoms with E-state index in [2.05, 4.69) is 335 Å². The van der Waals surface area contributed by atoms with E-state index in [9.17, 15) is 0 Å². The highest BCUT2D eigenvalue weighted by molar-refractivity contribution is 6.13. The molecule has 0 radical (unpaired) electrons. The Hall–Kier alpha value is -11.1. The largest absolute Gasteiger partial charge is 0.308 e. The summed E-state index contributed by atoms with van der Waals surface area (Å²) in [4.78, 5) is 11.4. The third-order valence-corrected chi connectivity index (χ3v) is 15.9. The number of rotatable bonds is 12. The number of nitrogens with zero attached hydrogens (tertiary/aromatic N) is 5. The van der Waals surface area contributed by atoms with E-state index in [1.54, 1.807) is 0 Å². The minimum Gasteiger partial charge on any atom is -0.308 e. The Labute approximate surface area is 482 Å². The van der Waals surface area contributed by atoms with Crippen molar-refractivity contribution in [2.75, 3.05) is 0 Å². The van der Waals surface area contributed by atoms with Gasteiger partial charge in [0.15, 0.2) is 0 Å². The zero-order valence-corrected chi connectivity index (χ0v) is 45.3. The normalized spacial score (nSPS) is 11.4. The highest BCUT2D eigenvalue weighted by atomic mass is 15.1. The topological polar surface area (TPSA) is 40.6 Å². The van der Waals surface area contributed by atoms with Crippen molar-refractivity contribution in [2.45, 2.75) is 0 Å². The smallest absolute Gasteiger partial charge is 0.145 e. The molecule has 0 aliphatic rings. The molecule has 0 saturated heterocycles. The lowest BCUT2D eigenvalue weighted by atomic mass is 9.90. The van der Waals surface area contributed by atoms with E-state index in [4.69, 9.17) is 9.97 Å². The van der Waals surface area contributed by atoms with E-state index in [0.717, 1.165) is 140 Å². The fourth-order valence-electron chi connectivity index (χ4n) is 12.1. The summed E-state index contributed by atoms with van der Waals surface area (Å²) in [6.45, 7) is 0. The van der Waals surface area contributed by atoms with E-state index in [1.807, 2.05) is 0 Å². The summed E-state index contributed by atoms with van der Waals surface area (Å²) in [5.74, 6) is 1.68. The first-order chi connectivity index (χ1) is 41.2. The third kappa shape index (κ3) is 8.85. The van der Waals surface area contributed by atoms with Gasteiger partial charge in [-0.25, -0.2) is 9.97 Å². The maximum atomic E-state index is 5.72. The van der Waals surface area contributed by atoms with Gasteiger partial charge in [-0.3, -0.25) is 9.13 Å². The van der Waals surface area contributed by atoms with Crippen molar-refractivity contribution < 1.29 is 0 Å². The van der Waals surface area contributed by atoms with Gasteiger partial charge >= 0.3 is 0 Å². The summed E-state index contributed by atoms with van der Waals surface area (Å²) in [5, 5.41) is 2.16. The van der Waals surface area contributed by atoms with E-state index in [0.29, 0.717) is 0 Å². The monoisotopic (exact) mass is 1060 g/mol. The molecule has 0 aliphatic carbocycles. The number of hydrogen-bond donors (Lipinski definition) is 0. The van der Waals surface area contributed by atoms with Gasteiger partial charge in [0.1, 0.15) is 11.6 Å². The van der Waals surface area contributed by atoms with Gasteiger partial charge in [-0.1, -0.05) is 249 Å². The molecule has 5 nitrogen and oxygen atoms in total. The second-order valence-electron chi connectivity index (χ2n) is 20.9. The highest BCUT2D eigenvalue weighted by Crippen LogP contribution is 2.47. The minimum atomic E-state index is 0.842. The maximum absolute atomic E-state index is 5.72. The zero-order valence-electron chi connectivity index (χ0n) is 45.3. The molecule has 83 heavy (non-hydrogen) atoms. The highest BCUT2D eigenvalue weighted by Gasteiger charge is 2.28. The predicted octanol–water partition coefficient (Wildman–Crippen LogP) is 20.2. The summed E-state index contributed by atoms with van der Waals surface area (Å²) in [7, 11) is 0. The Kier molecular flexibility index (Phi) is 12.5. The van der Waals surface area contributed by atoms with Gasteiger partial charge in [0.2, 0.25) is 0 Å². The third-order valence-electron chi connectivity index (χ3n) is 15.9. The van der Waals surface area contributed by atoms with Crippen LogP contribution in [0, 0.1) is 0 Å². The quantitative estimate of drug-likeness (QED) is 0.122. The number of para-hydroxylation sites is 2. The molecule has 0 bridgehead atoms. The zero-order chi connectivity index (χ0) is 55.1. The van der Waals surface area contributed by atoms with Crippen molar-refractivity contribution in [3.8, 4) is 118 Å². The molecule has 0 spiro atoms. The van der Waals surface area contributed by atoms with Crippen LogP contribution in [0.3, 0.4) is 0 Å². The molecule has 0 amide bonds. The minimum absolute atomic E-state index is 0.842. The number of hydrogen-bond acceptors (Lipinski definition) is 2. The molecule has 0 fully saturated rings. The summed E-state index contributed by atoms with van der Waals surface area (Å²) in [6, 6.07) is 115. The van der Waals surface area contributed by atoms with Gasteiger partial charge in [-0.05, 0) is 95.1 Å². The second kappa shape index (κ2) is 21.2. The van der Waals surface area contributed by atoms with Crippen LogP contribution < -0.4 is 0 Å². The van der Waals surface area contributed by atoms with Crippen LogP contribution >= 0.6 is 0 Å². The standard InChI is InChI=1S/C78H53N5/c1-10-28-54(29-11-1)63-52-66(55-30-12-2-13-31-55)76(67(53-63)56-32-14-3-15-33-56)83-70-48-46-61(77-79-72(57-34-16-4-17-35-57)74(59-38-20-6-21-39-59)81(77)64-42-24-8-25-43-64)50-68(70)69-51-62(47-49-71(69)83)78-80-73(58-36-18-5-19-37-58)75(60-40-22-7-23-41-60)82(78)65-44-26-9-27-45-65/h1-53H. The van der Waals surface area contributed by atoms with E-state index < -0.39 is 0 Å². The average molecular weight is 1060 g/mol. The summed E-state index contributed by atoms with van der Waals surface area (Å²) in [6.07, 6.45) is 0. The summed E-state index contributed by atoms with van der Waals surface area (Å²) in [5.41, 5.74) is 22.2. The van der Waals surface area contributed by atoms with Gasteiger partial charge < -0.3 is 4.57 Å². The van der Waals surface area contributed by atoms with Crippen LogP contribution in [0.5, 0.6) is 0 Å². The predicted molar refractivity (Wildman–Crippen MR) is 344 cm³/mol. The van der Waals surface area contributed by atoms with Crippen molar-refractivity contribution in [3.05, 3.63) is 322 Å². The van der Waals surface area contributed by atoms with Crippen LogP contribution in [0.25, 0.3) is 140 Å². The van der Waals surface area contributed by atoms with Gasteiger partial charge in [0.25, 0.3) is 0 Å². The average Bonchev–Trinajstić information content (AvgIpc) is 3.03. The SMILES string of the molecule is c1ccc(-c2cc(-c3ccccc3)c(-n3c4ccc(-c5nc(-c6ccccc6)c(-c6ccccc6)n5-c5ccccc5)cc4c4cc(-c5nc(-c6ccccc6)c(-c6ccccc6)n5-c5ccccc5)ccc43)c(-c3ccccc3)c2)cc1. The summed E-state index contributed by atoms with van der Waals surface area (Å²) < 4.78 is 7.21. The molecular formula is C78H53N5. The lowest BCUT2D eigenvalue weighted by molar-refractivity contribution is 1.07. The van der Waals surface area contributed by atoms with Crippen molar-refractivity contribution in [1.29, 1.82) is 0 Å². The van der Waals surface area contributed by atoms with Crippen LogP contribution in [0.15, 0.2) is 322 Å². The first kappa shape index (κ1) is 48.9. The lowest BCUT2D eigenvalue weighted by Gasteiger charge is -2.21. The van der Waals surface area contributed by atoms with Gasteiger partial charge in [0, 0.05) is 66.7 Å². The Morgan fingerprint density at radius 1 is 0.217 bits per heavy atom. The number of imidazole rings is 2. The van der Waals surface area contributed by atoms with Crippen LogP contribution in [0.4, 0.5) is 0 Å². The fraction of sp³-hybridized carbons (Fsp3) is 0. The molecule has 15 aromatic rings. The van der Waals surface area contributed by atoms with Crippen molar-refractivity contribution in [2.24, 2.45) is 0 Å². The molecule has 3 aromatic heterocycles. The molecule has 390 valence electrons. The molecule has 0 aliphatic heterocycles. The maximum Gasteiger partial charge on any atom is 0.145 e. The molecule has 12 aromatic carbocycles. The van der Waals surface area contributed by atoms with E-state index in [-0.39, 0.29) is 0 Å². The van der Waals surface area contributed by atoms with Crippen molar-refractivity contribution in [3.63, 3.8) is 0 Å². The molecule has 0 atom stereocenters. The van der Waals surface area contributed by atoms with Crippen LogP contribution in [0.1, 0.15) is 0 Å². The molecule has 0 unspecified atom stereocenters. The first-order valence-corrected chi connectivity index (χ1v) is 28.2. The van der Waals surface area contributed by atoms with E-state index >= 15 is 0 Å². The fourth-order valence-corrected chi connectivity index (χ4v) is 12.1. The molecule has 15 rings (SSSR count). The lowest BCUT2D eigenvalue weighted by Crippen LogP contribution is -2.02. The Balaban J connectivity index is 1.07. The van der Waals surface area contributed by atoms with E-state index in [1.165, 1.54) is 0 Å². The number of benzene rings is 12. The molecular weight excluding hydrogens is 1010 g/mol. The molecule has 0 N–H and O–H groups in total. The van der Waals surface area contributed by atoms with Crippen LogP contribution in [-0.4, -0.2) is 23.7 Å². The molecule has 5 heteroatoms. The molecule has 3 heterocycles. The molecule has 0 saturated carbocycles. The van der Waals surface area contributed by atoms with Gasteiger partial charge in [-0.2, -0.15) is 0 Å². The second-order valence-corrected chi connectivity index (χ2v) is 20.9. The van der Waals surface area contributed by atoms with Crippen molar-refractivity contribution in [1.82, 2.24) is 23.7 Å². The number of aromatic nitrogens is 5. The Morgan fingerprint density at radius 2 is 0.518 bits per heavy atom. The first-order valence-electron chi connectivity index (χ1n) is 28.2. The van der Waals surface area contributed by atoms with Gasteiger partial charge in [-0.15, -0.1) is 0 Å². The van der Waals surface area contributed by atoms with Crippen LogP contribution in [0.2, 0.25) is 0 Å². The van der Waals surface area contributed by atoms with Crippen LogP contribution in [-0.2, 0) is 0 Å². The Morgan fingerprint density at radius 3 is 0.867 bits per heavy atom. The Bertz CT molecular complexity index is 4480. The van der Waals surface area contributed by atoms with Crippen molar-refractivity contribution >= 4 is 21.8 Å².